The molecule has 1 saturated heterocycles. The molecule has 0 bridgehead atoms. The monoisotopic (exact) mass is 228 g/mol. The van der Waals surface area contributed by atoms with Crippen LogP contribution in [0.25, 0.3) is 0 Å². The van der Waals surface area contributed by atoms with Crippen LogP contribution in [0.4, 0.5) is 0 Å². The Morgan fingerprint density at radius 2 is 2.06 bits per heavy atom. The quantitative estimate of drug-likeness (QED) is 0.767. The van der Waals surface area contributed by atoms with E-state index in [9.17, 15) is 4.79 Å². The van der Waals surface area contributed by atoms with Gasteiger partial charge in [0.15, 0.2) is 0 Å². The van der Waals surface area contributed by atoms with Crippen LogP contribution in [-0.2, 0) is 9.53 Å². The smallest absolute Gasteiger partial charge is 0.223 e. The first-order valence-corrected chi connectivity index (χ1v) is 5.95. The third kappa shape index (κ3) is 4.10. The third-order valence-electron chi connectivity index (χ3n) is 2.62. The first-order valence-electron chi connectivity index (χ1n) is 5.95. The number of morpholine rings is 1. The van der Waals surface area contributed by atoms with Gasteiger partial charge in [-0.05, 0) is 12.3 Å². The summed E-state index contributed by atoms with van der Waals surface area (Å²) < 4.78 is 5.63. The molecule has 0 aliphatic carbocycles. The van der Waals surface area contributed by atoms with E-state index in [1.807, 2.05) is 11.8 Å². The molecule has 1 aliphatic rings. The molecule has 1 fully saturated rings. The largest absolute Gasteiger partial charge is 0.370 e. The van der Waals surface area contributed by atoms with Crippen LogP contribution in [0.15, 0.2) is 0 Å². The number of hydrogen-bond acceptors (Lipinski definition) is 3. The summed E-state index contributed by atoms with van der Waals surface area (Å²) in [6, 6.07) is 0. The molecule has 0 spiro atoms. The second-order valence-corrected chi connectivity index (χ2v) is 5.84. The van der Waals surface area contributed by atoms with E-state index < -0.39 is 0 Å². The van der Waals surface area contributed by atoms with Crippen LogP contribution in [0.5, 0.6) is 0 Å². The minimum absolute atomic E-state index is 0.00679. The van der Waals surface area contributed by atoms with E-state index in [0.717, 1.165) is 0 Å². The summed E-state index contributed by atoms with van der Waals surface area (Å²) in [4.78, 5) is 13.9. The molecule has 94 valence electrons. The van der Waals surface area contributed by atoms with Gasteiger partial charge < -0.3 is 15.4 Å². The van der Waals surface area contributed by atoms with Crippen molar-refractivity contribution >= 4 is 5.91 Å². The summed E-state index contributed by atoms with van der Waals surface area (Å²) in [7, 11) is 0. The number of amides is 1. The van der Waals surface area contributed by atoms with Crippen LogP contribution in [-0.4, -0.2) is 42.6 Å². The van der Waals surface area contributed by atoms with Crippen LogP contribution < -0.4 is 5.73 Å². The maximum absolute atomic E-state index is 12.1. The van der Waals surface area contributed by atoms with Crippen molar-refractivity contribution in [3.63, 3.8) is 0 Å². The molecule has 4 heteroatoms. The van der Waals surface area contributed by atoms with Crippen molar-refractivity contribution < 1.29 is 9.53 Å². The molecular weight excluding hydrogens is 204 g/mol. The van der Waals surface area contributed by atoms with Gasteiger partial charge in [0, 0.05) is 26.1 Å². The van der Waals surface area contributed by atoms with Crippen LogP contribution in [0.1, 0.15) is 34.1 Å². The Morgan fingerprint density at radius 1 is 1.44 bits per heavy atom. The van der Waals surface area contributed by atoms with Gasteiger partial charge >= 0.3 is 0 Å². The van der Waals surface area contributed by atoms with Gasteiger partial charge in [-0.2, -0.15) is 0 Å². The molecule has 1 rings (SSSR count). The number of nitrogens with zero attached hydrogens (tertiary/aromatic N) is 1. The van der Waals surface area contributed by atoms with Gasteiger partial charge in [0.1, 0.15) is 0 Å². The molecule has 1 heterocycles. The van der Waals surface area contributed by atoms with Crippen LogP contribution in [0.3, 0.4) is 0 Å². The number of nitrogens with two attached hydrogens (primary N) is 1. The Morgan fingerprint density at radius 3 is 2.56 bits per heavy atom. The lowest BCUT2D eigenvalue weighted by atomic mass is 9.91. The summed E-state index contributed by atoms with van der Waals surface area (Å²) in [5, 5.41) is 0. The molecule has 1 aliphatic heterocycles. The van der Waals surface area contributed by atoms with Gasteiger partial charge in [-0.15, -0.1) is 0 Å². The Hall–Kier alpha value is -0.610. The molecule has 0 saturated carbocycles. The molecule has 0 aromatic rings. The fourth-order valence-electron chi connectivity index (χ4n) is 1.94. The Labute approximate surface area is 98.1 Å². The van der Waals surface area contributed by atoms with Crippen molar-refractivity contribution in [1.29, 1.82) is 0 Å². The highest BCUT2D eigenvalue weighted by Crippen LogP contribution is 2.21. The van der Waals surface area contributed by atoms with E-state index in [4.69, 9.17) is 10.5 Å². The second kappa shape index (κ2) is 5.15. The highest BCUT2D eigenvalue weighted by molar-refractivity contribution is 5.77. The Kier molecular flexibility index (Phi) is 4.33. The van der Waals surface area contributed by atoms with Crippen molar-refractivity contribution in [2.75, 3.05) is 19.6 Å². The van der Waals surface area contributed by atoms with E-state index in [2.05, 4.69) is 20.8 Å². The molecular formula is C12H24N2O2. The van der Waals surface area contributed by atoms with E-state index >= 15 is 0 Å². The molecule has 4 nitrogen and oxygen atoms in total. The molecule has 0 aromatic heterocycles. The number of ether oxygens (including phenoxy) is 1. The standard InChI is InChI=1S/C12H24N2O2/c1-9-7-14(8-10(6-13)16-9)11(15)5-12(2,3)4/h9-10H,5-8,13H2,1-4H3. The molecule has 0 radical (unpaired) electrons. The average molecular weight is 228 g/mol. The predicted octanol–water partition coefficient (Wildman–Crippen LogP) is 0.997. The summed E-state index contributed by atoms with van der Waals surface area (Å²) in [5.74, 6) is 0.209. The fourth-order valence-corrected chi connectivity index (χ4v) is 1.94. The zero-order valence-corrected chi connectivity index (χ0v) is 10.8. The van der Waals surface area contributed by atoms with Crippen molar-refractivity contribution in [1.82, 2.24) is 4.90 Å². The minimum atomic E-state index is -0.00679. The highest BCUT2D eigenvalue weighted by atomic mass is 16.5. The van der Waals surface area contributed by atoms with E-state index in [-0.39, 0.29) is 23.5 Å². The molecule has 2 N–H and O–H groups in total. The maximum atomic E-state index is 12.1. The molecule has 0 aromatic carbocycles. The van der Waals surface area contributed by atoms with Crippen molar-refractivity contribution in [3.8, 4) is 0 Å². The number of hydrogen-bond donors (Lipinski definition) is 1. The number of carbonyl (C=O) groups is 1. The SMILES string of the molecule is CC1CN(C(=O)CC(C)(C)C)CC(CN)O1. The minimum Gasteiger partial charge on any atom is -0.370 e. The molecule has 16 heavy (non-hydrogen) atoms. The van der Waals surface area contributed by atoms with Crippen LogP contribution in [0, 0.1) is 5.41 Å². The van der Waals surface area contributed by atoms with Crippen molar-refractivity contribution in [3.05, 3.63) is 0 Å². The lowest BCUT2D eigenvalue weighted by Crippen LogP contribution is -2.51. The topological polar surface area (TPSA) is 55.6 Å². The van der Waals surface area contributed by atoms with Crippen LogP contribution in [0.2, 0.25) is 0 Å². The lowest BCUT2D eigenvalue weighted by Gasteiger charge is -2.37. The number of carbonyl (C=O) groups excluding carboxylic acids is 1. The third-order valence-corrected chi connectivity index (χ3v) is 2.62. The first kappa shape index (κ1) is 13.5. The van der Waals surface area contributed by atoms with Gasteiger partial charge in [0.2, 0.25) is 5.91 Å². The van der Waals surface area contributed by atoms with E-state index in [1.165, 1.54) is 0 Å². The average Bonchev–Trinajstić information content (AvgIpc) is 2.14. The van der Waals surface area contributed by atoms with Gasteiger partial charge in [-0.1, -0.05) is 20.8 Å². The van der Waals surface area contributed by atoms with Crippen LogP contribution >= 0.6 is 0 Å². The van der Waals surface area contributed by atoms with E-state index in [0.29, 0.717) is 26.1 Å². The predicted molar refractivity (Wildman–Crippen MR) is 64.0 cm³/mol. The molecule has 2 unspecified atom stereocenters. The summed E-state index contributed by atoms with van der Waals surface area (Å²) in [6.07, 6.45) is 0.663. The zero-order valence-electron chi connectivity index (χ0n) is 10.8. The Bertz CT molecular complexity index is 248. The molecule has 2 atom stereocenters. The normalized spacial score (nSPS) is 26.9. The summed E-state index contributed by atoms with van der Waals surface area (Å²) in [5.41, 5.74) is 5.63. The Balaban J connectivity index is 2.55. The van der Waals surface area contributed by atoms with E-state index in [1.54, 1.807) is 0 Å². The van der Waals surface area contributed by atoms with Gasteiger partial charge in [-0.25, -0.2) is 0 Å². The van der Waals surface area contributed by atoms with Crippen molar-refractivity contribution in [2.45, 2.75) is 46.3 Å². The van der Waals surface area contributed by atoms with Crippen molar-refractivity contribution in [2.24, 2.45) is 11.1 Å². The fraction of sp³-hybridized carbons (Fsp3) is 0.917. The maximum Gasteiger partial charge on any atom is 0.223 e. The summed E-state index contributed by atoms with van der Waals surface area (Å²) >= 11 is 0. The van der Waals surface area contributed by atoms with Gasteiger partial charge in [0.25, 0.3) is 0 Å². The van der Waals surface area contributed by atoms with Gasteiger partial charge in [-0.3, -0.25) is 4.79 Å². The first-order chi connectivity index (χ1) is 7.31. The van der Waals surface area contributed by atoms with Gasteiger partial charge in [0.05, 0.1) is 12.2 Å². The molecule has 1 amide bonds. The lowest BCUT2D eigenvalue weighted by molar-refractivity contribution is -0.145. The second-order valence-electron chi connectivity index (χ2n) is 5.84. The highest BCUT2D eigenvalue weighted by Gasteiger charge is 2.29. The summed E-state index contributed by atoms with van der Waals surface area (Å²) in [6.45, 7) is 10.0. The number of rotatable bonds is 2. The zero-order chi connectivity index (χ0) is 12.3.